The number of halogens is 2. The summed E-state index contributed by atoms with van der Waals surface area (Å²) >= 11 is 4.61. The lowest BCUT2D eigenvalue weighted by molar-refractivity contribution is 0.292. The number of thiophene rings is 1. The molecule has 1 aromatic carbocycles. The molecule has 20 heavy (non-hydrogen) atoms. The number of H-pyrrole nitrogens is 1. The fourth-order valence-electron chi connectivity index (χ4n) is 1.72. The first kappa shape index (κ1) is 13.3. The van der Waals surface area contributed by atoms with E-state index in [0.717, 1.165) is 0 Å². The molecular weight excluding hydrogens is 347 g/mol. The second kappa shape index (κ2) is 5.34. The van der Waals surface area contributed by atoms with Crippen LogP contribution in [0.1, 0.15) is 5.82 Å². The molecule has 0 saturated carbocycles. The molecule has 0 unspecified atom stereocenters. The van der Waals surface area contributed by atoms with Crippen LogP contribution in [0, 0.1) is 5.82 Å². The van der Waals surface area contributed by atoms with Crippen molar-refractivity contribution in [1.29, 1.82) is 0 Å². The molecule has 7 heteroatoms. The summed E-state index contributed by atoms with van der Waals surface area (Å²) in [5.41, 5.74) is 0.442. The fourth-order valence-corrected chi connectivity index (χ4v) is 2.81. The second-order valence-corrected chi connectivity index (χ2v) is 5.78. The molecule has 4 nitrogen and oxygen atoms in total. The van der Waals surface area contributed by atoms with E-state index >= 15 is 0 Å². The quantitative estimate of drug-likeness (QED) is 0.783. The molecule has 0 radical (unpaired) electrons. The number of nitrogens with zero attached hydrogens (tertiary/aromatic N) is 1. The zero-order valence-corrected chi connectivity index (χ0v) is 12.4. The molecule has 3 aromatic rings. The van der Waals surface area contributed by atoms with E-state index in [1.165, 1.54) is 23.5 Å². The summed E-state index contributed by atoms with van der Waals surface area (Å²) in [6.07, 6.45) is 0. The van der Waals surface area contributed by atoms with Gasteiger partial charge < -0.3 is 9.72 Å². The van der Waals surface area contributed by atoms with Gasteiger partial charge in [-0.05, 0) is 39.5 Å². The third kappa shape index (κ3) is 2.59. The Kier molecular flexibility index (Phi) is 3.54. The van der Waals surface area contributed by atoms with E-state index in [4.69, 9.17) is 4.74 Å². The molecule has 2 aromatic heterocycles. The van der Waals surface area contributed by atoms with Crippen molar-refractivity contribution in [2.24, 2.45) is 0 Å². The molecule has 1 N–H and O–H groups in total. The number of fused-ring (bicyclic) bond motifs is 1. The van der Waals surface area contributed by atoms with Crippen LogP contribution in [0.2, 0.25) is 0 Å². The minimum absolute atomic E-state index is 0.0586. The molecule has 102 valence electrons. The molecule has 0 bridgehead atoms. The summed E-state index contributed by atoms with van der Waals surface area (Å²) in [6.45, 7) is 0.0586. The van der Waals surface area contributed by atoms with Gasteiger partial charge in [-0.1, -0.05) is 0 Å². The maximum atomic E-state index is 13.1. The predicted octanol–water partition coefficient (Wildman–Crippen LogP) is 3.47. The molecule has 0 spiro atoms. The lowest BCUT2D eigenvalue weighted by Crippen LogP contribution is -2.12. The van der Waals surface area contributed by atoms with Gasteiger partial charge in [0.15, 0.2) is 0 Å². The first-order valence-electron chi connectivity index (χ1n) is 5.68. The van der Waals surface area contributed by atoms with Gasteiger partial charge >= 0.3 is 0 Å². The summed E-state index contributed by atoms with van der Waals surface area (Å²) in [5, 5.41) is 1.81. The van der Waals surface area contributed by atoms with Crippen molar-refractivity contribution in [2.75, 3.05) is 0 Å². The smallest absolute Gasteiger partial charge is 0.268 e. The zero-order chi connectivity index (χ0) is 14.1. The van der Waals surface area contributed by atoms with E-state index in [1.807, 2.05) is 0 Å². The molecule has 0 atom stereocenters. The zero-order valence-electron chi connectivity index (χ0n) is 10.0. The Balaban J connectivity index is 1.86. The lowest BCUT2D eigenvalue weighted by atomic mass is 10.3. The summed E-state index contributed by atoms with van der Waals surface area (Å²) in [5.74, 6) is 0.369. The standard InChI is InChI=1S/C13H8BrFN2O2S/c14-8-2-1-7(15)5-10(8)19-6-11-16-9-3-4-20-12(9)13(18)17-11/h1-5H,6H2,(H,16,17,18). The number of nitrogens with one attached hydrogen (secondary N) is 1. The van der Waals surface area contributed by atoms with Crippen LogP contribution in [0.4, 0.5) is 4.39 Å². The summed E-state index contributed by atoms with van der Waals surface area (Å²) in [7, 11) is 0. The van der Waals surface area contributed by atoms with Gasteiger partial charge in [-0.15, -0.1) is 11.3 Å². The molecular formula is C13H8BrFN2O2S. The number of benzene rings is 1. The SMILES string of the molecule is O=c1[nH]c(COc2cc(F)ccc2Br)nc2ccsc12. The molecule has 0 saturated heterocycles. The van der Waals surface area contributed by atoms with Crippen molar-refractivity contribution < 1.29 is 9.13 Å². The van der Waals surface area contributed by atoms with Crippen molar-refractivity contribution in [1.82, 2.24) is 9.97 Å². The van der Waals surface area contributed by atoms with Gasteiger partial charge in [-0.25, -0.2) is 9.37 Å². The third-order valence-corrected chi connectivity index (χ3v) is 4.18. The second-order valence-electron chi connectivity index (χ2n) is 4.01. The Morgan fingerprint density at radius 3 is 3.10 bits per heavy atom. The van der Waals surface area contributed by atoms with Crippen molar-refractivity contribution in [3.05, 3.63) is 56.1 Å². The van der Waals surface area contributed by atoms with Crippen LogP contribution >= 0.6 is 27.3 Å². The molecule has 0 aliphatic rings. The number of aromatic amines is 1. The molecule has 0 fully saturated rings. The number of hydrogen-bond donors (Lipinski definition) is 1. The minimum atomic E-state index is -0.391. The van der Waals surface area contributed by atoms with Crippen LogP contribution < -0.4 is 10.3 Å². The number of rotatable bonds is 3. The van der Waals surface area contributed by atoms with Crippen molar-refractivity contribution >= 4 is 37.5 Å². The molecule has 0 aliphatic carbocycles. The monoisotopic (exact) mass is 354 g/mol. The molecule has 2 heterocycles. The topological polar surface area (TPSA) is 55.0 Å². The Labute approximate surface area is 125 Å². The van der Waals surface area contributed by atoms with E-state index in [2.05, 4.69) is 25.9 Å². The van der Waals surface area contributed by atoms with E-state index in [0.29, 0.717) is 26.3 Å². The fraction of sp³-hybridized carbons (Fsp3) is 0.0769. The van der Waals surface area contributed by atoms with E-state index < -0.39 is 5.82 Å². The highest BCUT2D eigenvalue weighted by atomic mass is 79.9. The van der Waals surface area contributed by atoms with Crippen molar-refractivity contribution in [3.63, 3.8) is 0 Å². The summed E-state index contributed by atoms with van der Waals surface area (Å²) < 4.78 is 19.8. The van der Waals surface area contributed by atoms with E-state index in [1.54, 1.807) is 17.5 Å². The average molecular weight is 355 g/mol. The Hall–Kier alpha value is -1.73. The third-order valence-electron chi connectivity index (χ3n) is 2.62. The average Bonchev–Trinajstić information content (AvgIpc) is 2.89. The Morgan fingerprint density at radius 1 is 1.40 bits per heavy atom. The van der Waals surface area contributed by atoms with Crippen LogP contribution in [0.15, 0.2) is 38.9 Å². The van der Waals surface area contributed by atoms with Gasteiger partial charge in [0.25, 0.3) is 5.56 Å². The van der Waals surface area contributed by atoms with Gasteiger partial charge in [0.1, 0.15) is 28.7 Å². The predicted molar refractivity (Wildman–Crippen MR) is 78.7 cm³/mol. The first-order valence-corrected chi connectivity index (χ1v) is 7.35. The van der Waals surface area contributed by atoms with Crippen LogP contribution in [0.5, 0.6) is 5.75 Å². The summed E-state index contributed by atoms with van der Waals surface area (Å²) in [4.78, 5) is 18.7. The van der Waals surface area contributed by atoms with Crippen LogP contribution in [-0.2, 0) is 6.61 Å². The Bertz CT molecular complexity index is 831. The summed E-state index contributed by atoms with van der Waals surface area (Å²) in [6, 6.07) is 5.93. The van der Waals surface area contributed by atoms with Gasteiger partial charge in [0, 0.05) is 6.07 Å². The molecule has 0 aliphatic heterocycles. The first-order chi connectivity index (χ1) is 9.63. The van der Waals surface area contributed by atoms with Crippen LogP contribution in [0.3, 0.4) is 0 Å². The Morgan fingerprint density at radius 2 is 2.25 bits per heavy atom. The highest BCUT2D eigenvalue weighted by Crippen LogP contribution is 2.26. The molecule has 0 amide bonds. The number of aromatic nitrogens is 2. The minimum Gasteiger partial charge on any atom is -0.484 e. The van der Waals surface area contributed by atoms with Crippen molar-refractivity contribution in [3.8, 4) is 5.75 Å². The van der Waals surface area contributed by atoms with Gasteiger partial charge in [0.05, 0.1) is 9.99 Å². The maximum absolute atomic E-state index is 13.1. The van der Waals surface area contributed by atoms with Crippen molar-refractivity contribution in [2.45, 2.75) is 6.61 Å². The van der Waals surface area contributed by atoms with Gasteiger partial charge in [-0.2, -0.15) is 0 Å². The number of hydrogen-bond acceptors (Lipinski definition) is 4. The highest BCUT2D eigenvalue weighted by molar-refractivity contribution is 9.10. The number of ether oxygens (including phenoxy) is 1. The maximum Gasteiger partial charge on any atom is 0.268 e. The molecule has 3 rings (SSSR count). The van der Waals surface area contributed by atoms with Crippen LogP contribution in [-0.4, -0.2) is 9.97 Å². The van der Waals surface area contributed by atoms with E-state index in [-0.39, 0.29) is 12.2 Å². The van der Waals surface area contributed by atoms with Gasteiger partial charge in [0.2, 0.25) is 0 Å². The normalized spacial score (nSPS) is 10.9. The largest absolute Gasteiger partial charge is 0.484 e. The van der Waals surface area contributed by atoms with Gasteiger partial charge in [-0.3, -0.25) is 4.79 Å². The van der Waals surface area contributed by atoms with Crippen LogP contribution in [0.25, 0.3) is 10.2 Å². The highest BCUT2D eigenvalue weighted by Gasteiger charge is 2.07. The van der Waals surface area contributed by atoms with E-state index in [9.17, 15) is 9.18 Å². The lowest BCUT2D eigenvalue weighted by Gasteiger charge is -2.07.